The third-order valence-corrected chi connectivity index (χ3v) is 4.31. The largest absolute Gasteiger partial charge is 0.482 e. The van der Waals surface area contributed by atoms with Crippen molar-refractivity contribution in [3.63, 3.8) is 0 Å². The predicted octanol–water partition coefficient (Wildman–Crippen LogP) is 2.67. The first-order chi connectivity index (χ1) is 12.0. The van der Waals surface area contributed by atoms with Crippen LogP contribution in [0.4, 0.5) is 10.1 Å². The van der Waals surface area contributed by atoms with E-state index in [0.717, 1.165) is 10.0 Å². The molecule has 3 rings (SSSR count). The summed E-state index contributed by atoms with van der Waals surface area (Å²) in [5, 5.41) is 2.78. The highest BCUT2D eigenvalue weighted by atomic mass is 79.9. The molecule has 130 valence electrons. The fraction of sp³-hybridized carbons (Fsp3) is 0.222. The Kier molecular flexibility index (Phi) is 5.33. The second-order valence-corrected chi connectivity index (χ2v) is 6.52. The molecule has 0 unspecified atom stereocenters. The molecule has 7 heteroatoms. The fourth-order valence-corrected chi connectivity index (χ4v) is 2.89. The topological polar surface area (TPSA) is 58.6 Å². The van der Waals surface area contributed by atoms with Crippen LogP contribution < -0.4 is 15.0 Å². The molecule has 0 aliphatic carbocycles. The van der Waals surface area contributed by atoms with E-state index in [9.17, 15) is 14.0 Å². The van der Waals surface area contributed by atoms with Crippen LogP contribution in [0.25, 0.3) is 0 Å². The molecule has 0 radical (unpaired) electrons. The van der Waals surface area contributed by atoms with Crippen LogP contribution >= 0.6 is 15.9 Å². The van der Waals surface area contributed by atoms with Crippen LogP contribution in [0.3, 0.4) is 0 Å². The smallest absolute Gasteiger partial charge is 0.265 e. The number of hydrogen-bond acceptors (Lipinski definition) is 3. The lowest BCUT2D eigenvalue weighted by Crippen LogP contribution is -2.45. The molecule has 0 bridgehead atoms. The van der Waals surface area contributed by atoms with Gasteiger partial charge in [-0.25, -0.2) is 4.39 Å². The Morgan fingerprint density at radius 2 is 2.00 bits per heavy atom. The van der Waals surface area contributed by atoms with Gasteiger partial charge in [-0.2, -0.15) is 0 Å². The van der Waals surface area contributed by atoms with Gasteiger partial charge in [-0.1, -0.05) is 28.1 Å². The van der Waals surface area contributed by atoms with Crippen molar-refractivity contribution >= 4 is 33.4 Å². The van der Waals surface area contributed by atoms with Gasteiger partial charge >= 0.3 is 0 Å². The summed E-state index contributed by atoms with van der Waals surface area (Å²) >= 11 is 3.35. The summed E-state index contributed by atoms with van der Waals surface area (Å²) < 4.78 is 19.1. The molecular formula is C18H16BrFN2O3. The molecule has 0 atom stereocenters. The average Bonchev–Trinajstić information content (AvgIpc) is 2.59. The van der Waals surface area contributed by atoms with E-state index < -0.39 is 0 Å². The maximum atomic E-state index is 12.9. The Bertz CT molecular complexity index is 795. The van der Waals surface area contributed by atoms with E-state index >= 15 is 0 Å². The van der Waals surface area contributed by atoms with Crippen molar-refractivity contribution in [3.05, 3.63) is 58.3 Å². The van der Waals surface area contributed by atoms with Crippen LogP contribution in [-0.2, 0) is 16.0 Å². The monoisotopic (exact) mass is 406 g/mol. The zero-order valence-corrected chi connectivity index (χ0v) is 14.9. The maximum Gasteiger partial charge on any atom is 0.265 e. The van der Waals surface area contributed by atoms with Crippen molar-refractivity contribution in [1.29, 1.82) is 0 Å². The van der Waals surface area contributed by atoms with Crippen LogP contribution in [-0.4, -0.2) is 31.5 Å². The van der Waals surface area contributed by atoms with Crippen LogP contribution in [0.5, 0.6) is 5.75 Å². The number of hydrogen-bond donors (Lipinski definition) is 1. The lowest BCUT2D eigenvalue weighted by atomic mass is 10.1. The fourth-order valence-electron chi connectivity index (χ4n) is 2.55. The van der Waals surface area contributed by atoms with E-state index in [1.807, 2.05) is 0 Å². The maximum absolute atomic E-state index is 12.9. The zero-order valence-electron chi connectivity index (χ0n) is 13.3. The second kappa shape index (κ2) is 7.65. The minimum atomic E-state index is -0.288. The van der Waals surface area contributed by atoms with Gasteiger partial charge in [0.25, 0.3) is 5.91 Å². The minimum Gasteiger partial charge on any atom is -0.482 e. The summed E-state index contributed by atoms with van der Waals surface area (Å²) in [5.74, 6) is -0.244. The van der Waals surface area contributed by atoms with Crippen molar-refractivity contribution in [3.8, 4) is 5.75 Å². The van der Waals surface area contributed by atoms with E-state index in [2.05, 4.69) is 21.2 Å². The molecule has 2 amide bonds. The minimum absolute atomic E-state index is 0.0692. The van der Waals surface area contributed by atoms with Crippen molar-refractivity contribution in [1.82, 2.24) is 5.32 Å². The first kappa shape index (κ1) is 17.4. The van der Waals surface area contributed by atoms with E-state index in [1.54, 1.807) is 30.3 Å². The summed E-state index contributed by atoms with van der Waals surface area (Å²) in [6, 6.07) is 11.4. The van der Waals surface area contributed by atoms with Crippen LogP contribution in [0.15, 0.2) is 46.9 Å². The molecule has 0 spiro atoms. The molecule has 1 N–H and O–H groups in total. The Hall–Kier alpha value is -2.41. The molecular weight excluding hydrogens is 391 g/mol. The highest BCUT2D eigenvalue weighted by Crippen LogP contribution is 2.34. The van der Waals surface area contributed by atoms with Crippen molar-refractivity contribution in [2.24, 2.45) is 0 Å². The number of rotatable bonds is 5. The summed E-state index contributed by atoms with van der Waals surface area (Å²) in [6.07, 6.45) is 0.590. The van der Waals surface area contributed by atoms with E-state index in [4.69, 9.17) is 4.74 Å². The normalized spacial score (nSPS) is 13.2. The molecule has 1 heterocycles. The number of halogens is 2. The number of amides is 2. The molecule has 0 saturated carbocycles. The molecule has 0 fully saturated rings. The third kappa shape index (κ3) is 4.36. The Morgan fingerprint density at radius 1 is 1.24 bits per heavy atom. The van der Waals surface area contributed by atoms with E-state index in [0.29, 0.717) is 24.4 Å². The summed E-state index contributed by atoms with van der Waals surface area (Å²) in [5.41, 5.74) is 1.51. The number of carbonyl (C=O) groups excluding carboxylic acids is 2. The Labute approximate surface area is 152 Å². The Morgan fingerprint density at radius 3 is 2.76 bits per heavy atom. The lowest BCUT2D eigenvalue weighted by Gasteiger charge is -2.29. The second-order valence-electron chi connectivity index (χ2n) is 5.61. The number of carbonyl (C=O) groups is 2. The highest BCUT2D eigenvalue weighted by Gasteiger charge is 2.27. The third-order valence-electron chi connectivity index (χ3n) is 3.82. The van der Waals surface area contributed by atoms with Gasteiger partial charge in [-0.15, -0.1) is 0 Å². The van der Waals surface area contributed by atoms with Gasteiger partial charge in [-0.3, -0.25) is 14.5 Å². The van der Waals surface area contributed by atoms with Crippen LogP contribution in [0.1, 0.15) is 5.56 Å². The first-order valence-corrected chi connectivity index (χ1v) is 8.56. The van der Waals surface area contributed by atoms with Gasteiger partial charge in [0.05, 0.1) is 5.69 Å². The quantitative estimate of drug-likeness (QED) is 0.830. The van der Waals surface area contributed by atoms with Gasteiger partial charge in [0.1, 0.15) is 18.1 Å². The van der Waals surface area contributed by atoms with Gasteiger partial charge in [-0.05, 0) is 42.3 Å². The van der Waals surface area contributed by atoms with Crippen LogP contribution in [0.2, 0.25) is 0 Å². The van der Waals surface area contributed by atoms with Gasteiger partial charge in [0.15, 0.2) is 6.61 Å². The van der Waals surface area contributed by atoms with E-state index in [1.165, 1.54) is 17.0 Å². The highest BCUT2D eigenvalue weighted by molar-refractivity contribution is 9.10. The number of ether oxygens (including phenoxy) is 1. The molecule has 0 aromatic heterocycles. The summed E-state index contributed by atoms with van der Waals surface area (Å²) in [6.45, 7) is 0.253. The molecule has 5 nitrogen and oxygen atoms in total. The number of fused-ring (bicyclic) bond motifs is 1. The molecule has 25 heavy (non-hydrogen) atoms. The summed E-state index contributed by atoms with van der Waals surface area (Å²) in [4.78, 5) is 25.7. The van der Waals surface area contributed by atoms with Crippen LogP contribution in [0, 0.1) is 5.82 Å². The number of anilines is 1. The SMILES string of the molecule is O=C(CN1C(=O)COc2cc(Br)ccc21)NCCc1ccc(F)cc1. The van der Waals surface area contributed by atoms with Gasteiger partial charge in [0, 0.05) is 11.0 Å². The standard InChI is InChI=1S/C18H16BrFN2O3/c19-13-3-6-15-16(9-13)25-11-18(24)22(15)10-17(23)21-8-7-12-1-4-14(20)5-2-12/h1-6,9H,7-8,10-11H2,(H,21,23). The average molecular weight is 407 g/mol. The van der Waals surface area contributed by atoms with Crippen molar-refractivity contribution in [2.45, 2.75) is 6.42 Å². The number of nitrogens with zero attached hydrogens (tertiary/aromatic N) is 1. The molecule has 2 aromatic carbocycles. The zero-order chi connectivity index (χ0) is 17.8. The number of benzene rings is 2. The Balaban J connectivity index is 1.57. The molecule has 2 aromatic rings. The van der Waals surface area contributed by atoms with Gasteiger partial charge in [0.2, 0.25) is 5.91 Å². The number of nitrogens with one attached hydrogen (secondary N) is 1. The van der Waals surface area contributed by atoms with Gasteiger partial charge < -0.3 is 10.1 Å². The molecule has 0 saturated heterocycles. The molecule has 1 aliphatic rings. The summed E-state index contributed by atoms with van der Waals surface area (Å²) in [7, 11) is 0. The first-order valence-electron chi connectivity index (χ1n) is 7.77. The van der Waals surface area contributed by atoms with E-state index in [-0.39, 0.29) is 30.8 Å². The molecule has 1 aliphatic heterocycles. The predicted molar refractivity (Wildman–Crippen MR) is 95.1 cm³/mol. The lowest BCUT2D eigenvalue weighted by molar-refractivity contribution is -0.125. The van der Waals surface area contributed by atoms with Crippen molar-refractivity contribution in [2.75, 3.05) is 24.6 Å². The van der Waals surface area contributed by atoms with Crippen molar-refractivity contribution < 1.29 is 18.7 Å².